The van der Waals surface area contributed by atoms with Crippen molar-refractivity contribution in [2.75, 3.05) is 13.1 Å². The maximum absolute atomic E-state index is 12.0. The number of aliphatic hydroxyl groups excluding tert-OH is 1. The molecule has 0 fully saturated rings. The highest BCUT2D eigenvalue weighted by Gasteiger charge is 2.26. The number of rotatable bonds is 11. The molecule has 0 aromatic heterocycles. The fraction of sp³-hybridized carbons (Fsp3) is 0.615. The third kappa shape index (κ3) is 9.88. The van der Waals surface area contributed by atoms with Gasteiger partial charge in [-0.3, -0.25) is 24.0 Å². The Kier molecular flexibility index (Phi) is 9.74. The Morgan fingerprint density at radius 3 is 2.04 bits per heavy atom. The van der Waals surface area contributed by atoms with E-state index < -0.39 is 67.4 Å². The van der Waals surface area contributed by atoms with Crippen molar-refractivity contribution in [3.05, 3.63) is 0 Å². The third-order valence-corrected chi connectivity index (χ3v) is 2.96. The van der Waals surface area contributed by atoms with Crippen LogP contribution in [0, 0.1) is 0 Å². The van der Waals surface area contributed by atoms with E-state index in [1.165, 1.54) is 6.92 Å². The Hall–Kier alpha value is -2.73. The maximum atomic E-state index is 12.0. The van der Waals surface area contributed by atoms with E-state index in [2.05, 4.69) is 10.6 Å². The van der Waals surface area contributed by atoms with E-state index in [1.54, 1.807) is 0 Å². The average Bonchev–Trinajstić information content (AvgIpc) is 2.52. The van der Waals surface area contributed by atoms with E-state index in [-0.39, 0.29) is 6.42 Å². The summed E-state index contributed by atoms with van der Waals surface area (Å²) >= 11 is 0. The van der Waals surface area contributed by atoms with Gasteiger partial charge in [0.15, 0.2) is 0 Å². The SMILES string of the molecule is CC(O)C(N)C(=O)NC(CCC(=O)O)C(=O)NCC(=O)NCC(=O)O. The highest BCUT2D eigenvalue weighted by Crippen LogP contribution is 2.00. The molecule has 12 nitrogen and oxygen atoms in total. The molecule has 0 aromatic carbocycles. The van der Waals surface area contributed by atoms with Crippen molar-refractivity contribution >= 4 is 29.7 Å². The maximum Gasteiger partial charge on any atom is 0.322 e. The fourth-order valence-corrected chi connectivity index (χ4v) is 1.55. The lowest BCUT2D eigenvalue weighted by atomic mass is 10.1. The van der Waals surface area contributed by atoms with Gasteiger partial charge in [-0.1, -0.05) is 0 Å². The molecule has 0 aliphatic carbocycles. The van der Waals surface area contributed by atoms with Gasteiger partial charge in [0.25, 0.3) is 0 Å². The second-order valence-corrected chi connectivity index (χ2v) is 5.15. The minimum Gasteiger partial charge on any atom is -0.481 e. The summed E-state index contributed by atoms with van der Waals surface area (Å²) in [6.07, 6.45) is -1.89. The van der Waals surface area contributed by atoms with Crippen LogP contribution < -0.4 is 21.7 Å². The standard InChI is InChI=1S/C13H22N4O8/c1-6(18)11(14)13(25)17-7(2-3-9(20)21)12(24)16-4-8(19)15-5-10(22)23/h6-7,11,18H,2-5,14H2,1H3,(H,15,19)(H,16,24)(H,17,25)(H,20,21)(H,22,23). The second kappa shape index (κ2) is 10.9. The lowest BCUT2D eigenvalue weighted by molar-refractivity contribution is -0.138. The van der Waals surface area contributed by atoms with Gasteiger partial charge in [0.2, 0.25) is 17.7 Å². The number of nitrogens with two attached hydrogens (primary N) is 1. The summed E-state index contributed by atoms with van der Waals surface area (Å²) in [5.41, 5.74) is 5.42. The number of carbonyl (C=O) groups is 5. The molecule has 0 aromatic rings. The van der Waals surface area contributed by atoms with Crippen LogP contribution in [0.15, 0.2) is 0 Å². The molecule has 25 heavy (non-hydrogen) atoms. The van der Waals surface area contributed by atoms with E-state index >= 15 is 0 Å². The van der Waals surface area contributed by atoms with Gasteiger partial charge in [0.05, 0.1) is 12.6 Å². The minimum atomic E-state index is -1.32. The number of aliphatic carboxylic acids is 2. The normalized spacial score (nSPS) is 13.9. The zero-order valence-corrected chi connectivity index (χ0v) is 13.5. The van der Waals surface area contributed by atoms with Gasteiger partial charge in [-0.15, -0.1) is 0 Å². The molecule has 0 aliphatic heterocycles. The molecule has 3 amide bonds. The number of nitrogens with one attached hydrogen (secondary N) is 3. The Morgan fingerprint density at radius 1 is 0.960 bits per heavy atom. The highest BCUT2D eigenvalue weighted by molar-refractivity contribution is 5.92. The van der Waals surface area contributed by atoms with Gasteiger partial charge >= 0.3 is 11.9 Å². The average molecular weight is 362 g/mol. The van der Waals surface area contributed by atoms with E-state index in [4.69, 9.17) is 15.9 Å². The van der Waals surface area contributed by atoms with Gasteiger partial charge in [0, 0.05) is 6.42 Å². The van der Waals surface area contributed by atoms with Crippen LogP contribution in [0.5, 0.6) is 0 Å². The topological polar surface area (TPSA) is 208 Å². The van der Waals surface area contributed by atoms with Crippen LogP contribution in [0.2, 0.25) is 0 Å². The number of amides is 3. The van der Waals surface area contributed by atoms with Crippen molar-refractivity contribution in [1.29, 1.82) is 0 Å². The van der Waals surface area contributed by atoms with Crippen molar-refractivity contribution in [2.24, 2.45) is 5.73 Å². The molecule has 0 saturated carbocycles. The van der Waals surface area contributed by atoms with Gasteiger partial charge in [-0.2, -0.15) is 0 Å². The van der Waals surface area contributed by atoms with Crippen LogP contribution in [0.4, 0.5) is 0 Å². The quantitative estimate of drug-likeness (QED) is 0.193. The molecule has 142 valence electrons. The molecule has 3 atom stereocenters. The van der Waals surface area contributed by atoms with Gasteiger partial charge in [-0.05, 0) is 13.3 Å². The van der Waals surface area contributed by atoms with E-state index in [1.807, 2.05) is 5.32 Å². The Bertz CT molecular complexity index is 522. The molecule has 12 heteroatoms. The van der Waals surface area contributed by atoms with Crippen LogP contribution in [-0.2, 0) is 24.0 Å². The number of carboxylic acid groups (broad SMARTS) is 2. The molecule has 0 aliphatic rings. The molecule has 3 unspecified atom stereocenters. The minimum absolute atomic E-state index is 0.268. The fourth-order valence-electron chi connectivity index (χ4n) is 1.55. The Balaban J connectivity index is 4.70. The molecule has 0 spiro atoms. The highest BCUT2D eigenvalue weighted by atomic mass is 16.4. The molecule has 0 rings (SSSR count). The lowest BCUT2D eigenvalue weighted by Crippen LogP contribution is -2.55. The van der Waals surface area contributed by atoms with Crippen molar-refractivity contribution in [2.45, 2.75) is 38.0 Å². The molecular weight excluding hydrogens is 340 g/mol. The van der Waals surface area contributed by atoms with Crippen molar-refractivity contribution < 1.29 is 39.3 Å². The summed E-state index contributed by atoms with van der Waals surface area (Å²) < 4.78 is 0. The van der Waals surface area contributed by atoms with Crippen molar-refractivity contribution in [1.82, 2.24) is 16.0 Å². The summed E-state index contributed by atoms with van der Waals surface area (Å²) in [5.74, 6) is -4.96. The summed E-state index contributed by atoms with van der Waals surface area (Å²) in [5, 5.41) is 32.7. The molecule has 0 heterocycles. The van der Waals surface area contributed by atoms with Gasteiger partial charge in [0.1, 0.15) is 18.6 Å². The van der Waals surface area contributed by atoms with Crippen LogP contribution in [-0.4, -0.2) is 76.3 Å². The number of hydrogen-bond donors (Lipinski definition) is 7. The third-order valence-electron chi connectivity index (χ3n) is 2.96. The molecule has 8 N–H and O–H groups in total. The van der Waals surface area contributed by atoms with Crippen molar-refractivity contribution in [3.8, 4) is 0 Å². The summed E-state index contributed by atoms with van der Waals surface area (Å²) in [6, 6.07) is -2.61. The monoisotopic (exact) mass is 362 g/mol. The first kappa shape index (κ1) is 22.3. The van der Waals surface area contributed by atoms with Crippen molar-refractivity contribution in [3.63, 3.8) is 0 Å². The molecule has 0 saturated heterocycles. The lowest BCUT2D eigenvalue weighted by Gasteiger charge is -2.21. The van der Waals surface area contributed by atoms with Crippen LogP contribution >= 0.6 is 0 Å². The number of carbonyl (C=O) groups excluding carboxylic acids is 3. The molecular formula is C13H22N4O8. The first-order chi connectivity index (χ1) is 11.5. The first-order valence-electron chi connectivity index (χ1n) is 7.26. The predicted molar refractivity (Wildman–Crippen MR) is 82.1 cm³/mol. The predicted octanol–water partition coefficient (Wildman–Crippen LogP) is -3.64. The van der Waals surface area contributed by atoms with Gasteiger partial charge < -0.3 is 37.0 Å². The Labute approximate surface area is 142 Å². The molecule has 0 radical (unpaired) electrons. The van der Waals surface area contributed by atoms with Crippen LogP contribution in [0.3, 0.4) is 0 Å². The second-order valence-electron chi connectivity index (χ2n) is 5.15. The number of hydrogen-bond acceptors (Lipinski definition) is 7. The van der Waals surface area contributed by atoms with E-state index in [0.717, 1.165) is 0 Å². The van der Waals surface area contributed by atoms with Gasteiger partial charge in [-0.25, -0.2) is 0 Å². The first-order valence-corrected chi connectivity index (χ1v) is 7.26. The Morgan fingerprint density at radius 2 is 1.56 bits per heavy atom. The zero-order valence-electron chi connectivity index (χ0n) is 13.5. The van der Waals surface area contributed by atoms with Crippen LogP contribution in [0.1, 0.15) is 19.8 Å². The van der Waals surface area contributed by atoms with Crippen LogP contribution in [0.25, 0.3) is 0 Å². The number of aliphatic hydroxyl groups is 1. The summed E-state index contributed by atoms with van der Waals surface area (Å²) in [7, 11) is 0. The van der Waals surface area contributed by atoms with E-state index in [0.29, 0.717) is 0 Å². The number of carboxylic acids is 2. The summed E-state index contributed by atoms with van der Waals surface area (Å²) in [6.45, 7) is 0.0779. The summed E-state index contributed by atoms with van der Waals surface area (Å²) in [4.78, 5) is 56.1. The largest absolute Gasteiger partial charge is 0.481 e. The molecule has 0 bridgehead atoms. The smallest absolute Gasteiger partial charge is 0.322 e. The van der Waals surface area contributed by atoms with E-state index in [9.17, 15) is 29.1 Å². The zero-order chi connectivity index (χ0) is 19.6.